The van der Waals surface area contributed by atoms with Crippen LogP contribution in [0, 0.1) is 5.82 Å². The van der Waals surface area contributed by atoms with Crippen LogP contribution in [0.5, 0.6) is 5.75 Å². The molecule has 0 bridgehead atoms. The van der Waals surface area contributed by atoms with E-state index in [9.17, 15) is 9.59 Å². The van der Waals surface area contributed by atoms with Gasteiger partial charge < -0.3 is 25.0 Å². The number of aliphatic carboxylic acids is 1. The molecule has 0 atom stereocenters. The number of ether oxygens (including phenoxy) is 1. The van der Waals surface area contributed by atoms with Crippen molar-refractivity contribution in [3.05, 3.63) is 70.5 Å². The molecule has 1 saturated heterocycles. The van der Waals surface area contributed by atoms with Gasteiger partial charge in [-0.25, -0.2) is 9.37 Å². The molecule has 2 aromatic carbocycles. The molecule has 3 heterocycles. The first-order valence-corrected chi connectivity index (χ1v) is 14.9. The SMILES string of the molecule is CC(C)(C)c1ccc(CN2CCC3(CCN(c4ncc(C(=O)NCCC(=O)O)s4)CC3)Oc3c(F)cccc32)cc1. The second kappa shape index (κ2) is 11.7. The summed E-state index contributed by atoms with van der Waals surface area (Å²) in [4.78, 5) is 32.3. The van der Waals surface area contributed by atoms with Gasteiger partial charge in [0.25, 0.3) is 5.91 Å². The molecule has 1 amide bonds. The number of carboxylic acid groups (broad SMARTS) is 1. The maximum atomic E-state index is 15.2. The van der Waals surface area contributed by atoms with Crippen molar-refractivity contribution < 1.29 is 23.8 Å². The summed E-state index contributed by atoms with van der Waals surface area (Å²) in [6.07, 6.45) is 3.57. The Bertz CT molecular complexity index is 1390. The normalized spacial score (nSPS) is 16.6. The van der Waals surface area contributed by atoms with E-state index in [2.05, 4.69) is 65.1 Å². The maximum Gasteiger partial charge on any atom is 0.305 e. The smallest absolute Gasteiger partial charge is 0.305 e. The summed E-state index contributed by atoms with van der Waals surface area (Å²) in [5.41, 5.74) is 2.82. The van der Waals surface area contributed by atoms with Crippen molar-refractivity contribution in [3.8, 4) is 5.75 Å². The number of hydrogen-bond donors (Lipinski definition) is 2. The van der Waals surface area contributed by atoms with Gasteiger partial charge in [0, 0.05) is 52.0 Å². The molecule has 2 N–H and O–H groups in total. The largest absolute Gasteiger partial charge is 0.482 e. The highest BCUT2D eigenvalue weighted by atomic mass is 32.1. The molecule has 10 heteroatoms. The average molecular weight is 581 g/mol. The van der Waals surface area contributed by atoms with Crippen LogP contribution in [0.25, 0.3) is 0 Å². The number of hydrogen-bond acceptors (Lipinski definition) is 7. The van der Waals surface area contributed by atoms with Gasteiger partial charge in [0.1, 0.15) is 10.5 Å². The molecular weight excluding hydrogens is 543 g/mol. The van der Waals surface area contributed by atoms with E-state index in [1.807, 2.05) is 6.07 Å². The zero-order valence-corrected chi connectivity index (χ0v) is 24.6. The minimum atomic E-state index is -0.960. The molecule has 41 heavy (non-hydrogen) atoms. The van der Waals surface area contributed by atoms with Crippen LogP contribution in [0.15, 0.2) is 48.7 Å². The Hall–Kier alpha value is -3.66. The van der Waals surface area contributed by atoms with E-state index < -0.39 is 11.6 Å². The van der Waals surface area contributed by atoms with Gasteiger partial charge in [-0.15, -0.1) is 0 Å². The molecule has 5 rings (SSSR count). The van der Waals surface area contributed by atoms with Crippen LogP contribution in [-0.2, 0) is 16.8 Å². The Balaban J connectivity index is 1.26. The maximum absolute atomic E-state index is 15.2. The number of carbonyl (C=O) groups excluding carboxylic acids is 1. The summed E-state index contributed by atoms with van der Waals surface area (Å²) in [7, 11) is 0. The number of fused-ring (bicyclic) bond motifs is 1. The molecule has 0 saturated carbocycles. The fraction of sp³-hybridized carbons (Fsp3) is 0.452. The van der Waals surface area contributed by atoms with Gasteiger partial charge in [0.2, 0.25) is 0 Å². The van der Waals surface area contributed by atoms with E-state index in [1.54, 1.807) is 6.07 Å². The van der Waals surface area contributed by atoms with Gasteiger partial charge in [-0.1, -0.05) is 62.4 Å². The van der Waals surface area contributed by atoms with Crippen molar-refractivity contribution >= 4 is 34.0 Å². The molecule has 3 aromatic rings. The highest BCUT2D eigenvalue weighted by Crippen LogP contribution is 2.43. The third kappa shape index (κ3) is 6.64. The minimum absolute atomic E-state index is 0.0717. The van der Waals surface area contributed by atoms with Crippen molar-refractivity contribution in [2.75, 3.05) is 36.0 Å². The number of nitrogens with one attached hydrogen (secondary N) is 1. The van der Waals surface area contributed by atoms with Crippen molar-refractivity contribution in [1.29, 1.82) is 0 Å². The average Bonchev–Trinajstić information content (AvgIpc) is 3.37. The predicted octanol–water partition coefficient (Wildman–Crippen LogP) is 5.61. The van der Waals surface area contributed by atoms with E-state index in [1.165, 1.54) is 34.7 Å². The number of aromatic nitrogens is 1. The molecule has 8 nitrogen and oxygen atoms in total. The second-order valence-corrected chi connectivity index (χ2v) is 12.9. The number of carboxylic acids is 1. The summed E-state index contributed by atoms with van der Waals surface area (Å²) in [5.74, 6) is -1.31. The highest BCUT2D eigenvalue weighted by molar-refractivity contribution is 7.17. The molecular formula is C31H37FN4O4S. The van der Waals surface area contributed by atoms with Crippen LogP contribution in [0.4, 0.5) is 15.2 Å². The number of benzene rings is 2. The number of amides is 1. The lowest BCUT2D eigenvalue weighted by molar-refractivity contribution is -0.136. The number of piperidine rings is 1. The van der Waals surface area contributed by atoms with Gasteiger partial charge >= 0.3 is 5.97 Å². The van der Waals surface area contributed by atoms with E-state index >= 15 is 4.39 Å². The summed E-state index contributed by atoms with van der Waals surface area (Å²) < 4.78 is 21.8. The van der Waals surface area contributed by atoms with E-state index in [0.29, 0.717) is 43.1 Å². The molecule has 0 aliphatic carbocycles. The first-order chi connectivity index (χ1) is 19.5. The van der Waals surface area contributed by atoms with Crippen LogP contribution in [0.3, 0.4) is 0 Å². The van der Waals surface area contributed by atoms with Gasteiger partial charge in [-0.05, 0) is 28.7 Å². The number of anilines is 2. The van der Waals surface area contributed by atoms with E-state index in [0.717, 1.165) is 23.8 Å². The van der Waals surface area contributed by atoms with Crippen LogP contribution < -0.4 is 19.9 Å². The molecule has 1 aromatic heterocycles. The lowest BCUT2D eigenvalue weighted by atomic mass is 9.86. The number of carbonyl (C=O) groups is 2. The van der Waals surface area contributed by atoms with Gasteiger partial charge in [-0.2, -0.15) is 0 Å². The highest BCUT2D eigenvalue weighted by Gasteiger charge is 2.41. The number of rotatable bonds is 7. The molecule has 2 aliphatic heterocycles. The first-order valence-electron chi connectivity index (χ1n) is 14.1. The summed E-state index contributed by atoms with van der Waals surface area (Å²) in [6, 6.07) is 13.8. The van der Waals surface area contributed by atoms with E-state index in [4.69, 9.17) is 9.84 Å². The van der Waals surface area contributed by atoms with Crippen molar-refractivity contribution in [2.24, 2.45) is 0 Å². The second-order valence-electron chi connectivity index (χ2n) is 11.9. The molecule has 0 radical (unpaired) electrons. The van der Waals surface area contributed by atoms with Crippen LogP contribution in [0.1, 0.15) is 67.3 Å². The van der Waals surface area contributed by atoms with Crippen LogP contribution in [-0.4, -0.2) is 53.7 Å². The molecule has 2 aliphatic rings. The van der Waals surface area contributed by atoms with Gasteiger partial charge in [0.15, 0.2) is 16.7 Å². The lowest BCUT2D eigenvalue weighted by Gasteiger charge is -2.41. The zero-order chi connectivity index (χ0) is 29.2. The zero-order valence-electron chi connectivity index (χ0n) is 23.8. The van der Waals surface area contributed by atoms with E-state index in [-0.39, 0.29) is 30.1 Å². The summed E-state index contributed by atoms with van der Waals surface area (Å²) >= 11 is 1.29. The number of halogens is 1. The fourth-order valence-corrected chi connectivity index (χ4v) is 6.30. The number of thiazole rings is 1. The third-order valence-corrected chi connectivity index (χ3v) is 8.98. The first kappa shape index (κ1) is 28.9. The molecule has 1 fully saturated rings. The third-order valence-electron chi connectivity index (χ3n) is 7.92. The Morgan fingerprint density at radius 2 is 1.80 bits per heavy atom. The van der Waals surface area contributed by atoms with Crippen LogP contribution >= 0.6 is 11.3 Å². The molecule has 218 valence electrons. The summed E-state index contributed by atoms with van der Waals surface area (Å²) in [6.45, 7) is 9.44. The number of nitrogens with zero attached hydrogens (tertiary/aromatic N) is 3. The lowest BCUT2D eigenvalue weighted by Crippen LogP contribution is -2.48. The van der Waals surface area contributed by atoms with Crippen molar-refractivity contribution in [2.45, 2.75) is 64.0 Å². The number of para-hydroxylation sites is 1. The molecule has 1 spiro atoms. The van der Waals surface area contributed by atoms with Gasteiger partial charge in [-0.3, -0.25) is 9.59 Å². The fourth-order valence-electron chi connectivity index (χ4n) is 5.41. The monoisotopic (exact) mass is 580 g/mol. The Morgan fingerprint density at radius 3 is 2.49 bits per heavy atom. The Labute approximate surface area is 244 Å². The standard InChI is InChI=1S/C31H37FN4O4S/c1-30(2,3)22-9-7-21(8-10-22)20-36-18-14-31(40-27-23(32)5-4-6-24(27)36)12-16-35(17-13-31)29-34-19-25(41-29)28(39)33-15-11-26(37)38/h4-10,19H,11-18,20H2,1-3H3,(H,33,39)(H,37,38). The van der Waals surface area contributed by atoms with Crippen LogP contribution in [0.2, 0.25) is 0 Å². The predicted molar refractivity (Wildman–Crippen MR) is 159 cm³/mol. The Kier molecular flexibility index (Phi) is 8.22. The van der Waals surface area contributed by atoms with Gasteiger partial charge in [0.05, 0.1) is 18.3 Å². The van der Waals surface area contributed by atoms with Crippen molar-refractivity contribution in [3.63, 3.8) is 0 Å². The molecule has 0 unspecified atom stereocenters. The topological polar surface area (TPSA) is 95.0 Å². The summed E-state index contributed by atoms with van der Waals surface area (Å²) in [5, 5.41) is 12.1. The van der Waals surface area contributed by atoms with Crippen molar-refractivity contribution in [1.82, 2.24) is 10.3 Å². The Morgan fingerprint density at radius 1 is 1.10 bits per heavy atom. The quantitative estimate of drug-likeness (QED) is 0.375. The minimum Gasteiger partial charge on any atom is -0.482 e.